The standard InChI is InChI=1S/C19H22O3/c1-12-10-11-19-16(21-17(20)22-19)14-7-5-4-6-13(14)8-9-15(12)18(19,2)3/h4-7,16H,8-11H2,1-3H3/t16-,19-/m0/s1. The summed E-state index contributed by atoms with van der Waals surface area (Å²) in [7, 11) is 0. The summed E-state index contributed by atoms with van der Waals surface area (Å²) in [5.74, 6) is 0. The molecule has 1 aromatic rings. The van der Waals surface area contributed by atoms with Gasteiger partial charge in [0.2, 0.25) is 0 Å². The van der Waals surface area contributed by atoms with Crippen LogP contribution in [0.3, 0.4) is 0 Å². The molecular formula is C19H22O3. The molecule has 2 aliphatic carbocycles. The molecule has 1 spiro atoms. The van der Waals surface area contributed by atoms with Crippen molar-refractivity contribution in [2.24, 2.45) is 5.41 Å². The Morgan fingerprint density at radius 1 is 1.14 bits per heavy atom. The van der Waals surface area contributed by atoms with Crippen LogP contribution in [0.4, 0.5) is 4.79 Å². The minimum absolute atomic E-state index is 0.195. The van der Waals surface area contributed by atoms with Crippen molar-refractivity contribution >= 4 is 6.16 Å². The quantitative estimate of drug-likeness (QED) is 0.513. The van der Waals surface area contributed by atoms with Crippen LogP contribution < -0.4 is 0 Å². The lowest BCUT2D eigenvalue weighted by Crippen LogP contribution is -2.52. The van der Waals surface area contributed by atoms with Crippen LogP contribution in [0.1, 0.15) is 57.3 Å². The molecule has 0 unspecified atom stereocenters. The molecule has 116 valence electrons. The smallest absolute Gasteiger partial charge is 0.422 e. The first-order valence-corrected chi connectivity index (χ1v) is 8.12. The van der Waals surface area contributed by atoms with Crippen molar-refractivity contribution in [3.8, 4) is 0 Å². The van der Waals surface area contributed by atoms with Crippen LogP contribution in [-0.4, -0.2) is 11.8 Å². The number of benzene rings is 1. The van der Waals surface area contributed by atoms with E-state index >= 15 is 0 Å². The third-order valence-corrected chi connectivity index (χ3v) is 6.08. The molecule has 3 heteroatoms. The highest BCUT2D eigenvalue weighted by Crippen LogP contribution is 2.60. The first-order valence-electron chi connectivity index (χ1n) is 8.12. The number of carbonyl (C=O) groups is 1. The van der Waals surface area contributed by atoms with Crippen molar-refractivity contribution in [3.05, 3.63) is 46.5 Å². The van der Waals surface area contributed by atoms with Crippen LogP contribution in [0.2, 0.25) is 0 Å². The molecule has 0 amide bonds. The molecular weight excluding hydrogens is 276 g/mol. The van der Waals surface area contributed by atoms with Gasteiger partial charge in [-0.15, -0.1) is 0 Å². The van der Waals surface area contributed by atoms with Gasteiger partial charge < -0.3 is 9.47 Å². The molecule has 3 aliphatic rings. The Morgan fingerprint density at radius 3 is 2.73 bits per heavy atom. The zero-order valence-electron chi connectivity index (χ0n) is 13.4. The molecule has 2 bridgehead atoms. The Balaban J connectivity index is 1.99. The maximum Gasteiger partial charge on any atom is 0.509 e. The first kappa shape index (κ1) is 13.9. The lowest BCUT2D eigenvalue weighted by Gasteiger charge is -2.50. The van der Waals surface area contributed by atoms with Gasteiger partial charge in [-0.25, -0.2) is 4.79 Å². The van der Waals surface area contributed by atoms with Crippen molar-refractivity contribution in [1.29, 1.82) is 0 Å². The number of allylic oxidation sites excluding steroid dienone is 1. The summed E-state index contributed by atoms with van der Waals surface area (Å²) >= 11 is 0. The molecule has 1 saturated heterocycles. The van der Waals surface area contributed by atoms with Crippen molar-refractivity contribution in [2.45, 2.75) is 58.2 Å². The molecule has 1 heterocycles. The van der Waals surface area contributed by atoms with Crippen LogP contribution in [0, 0.1) is 5.41 Å². The van der Waals surface area contributed by atoms with Gasteiger partial charge in [-0.05, 0) is 43.7 Å². The maximum atomic E-state index is 12.0. The van der Waals surface area contributed by atoms with Crippen molar-refractivity contribution in [1.82, 2.24) is 0 Å². The van der Waals surface area contributed by atoms with Crippen LogP contribution >= 0.6 is 0 Å². The molecule has 2 atom stereocenters. The van der Waals surface area contributed by atoms with Gasteiger partial charge in [0.05, 0.1) is 0 Å². The third-order valence-electron chi connectivity index (χ3n) is 6.08. The molecule has 4 rings (SSSR count). The second kappa shape index (κ2) is 4.37. The molecule has 0 aromatic heterocycles. The summed E-state index contributed by atoms with van der Waals surface area (Å²) in [6.07, 6.45) is 3.02. The van der Waals surface area contributed by atoms with E-state index in [0.717, 1.165) is 31.2 Å². The van der Waals surface area contributed by atoms with Crippen molar-refractivity contribution in [2.75, 3.05) is 0 Å². The third kappa shape index (κ3) is 1.60. The number of rotatable bonds is 0. The number of aryl methyl sites for hydroxylation is 1. The van der Waals surface area contributed by atoms with Gasteiger partial charge in [0, 0.05) is 5.41 Å². The van der Waals surface area contributed by atoms with E-state index in [1.54, 1.807) is 0 Å². The van der Waals surface area contributed by atoms with Gasteiger partial charge in [-0.3, -0.25) is 0 Å². The second-order valence-electron chi connectivity index (χ2n) is 7.32. The summed E-state index contributed by atoms with van der Waals surface area (Å²) in [5, 5.41) is 0. The number of hydrogen-bond acceptors (Lipinski definition) is 3. The van der Waals surface area contributed by atoms with Gasteiger partial charge in [0.25, 0.3) is 0 Å². The molecule has 1 aromatic carbocycles. The van der Waals surface area contributed by atoms with Crippen LogP contribution in [0.5, 0.6) is 0 Å². The molecule has 0 radical (unpaired) electrons. The normalized spacial score (nSPS) is 32.3. The SMILES string of the molecule is CC1=C2CCc3ccccc3[C@@H]3OC(=O)O[C@]3(CC1)C2(C)C. The lowest BCUT2D eigenvalue weighted by atomic mass is 9.57. The van der Waals surface area contributed by atoms with E-state index in [0.29, 0.717) is 0 Å². The average molecular weight is 298 g/mol. The van der Waals surface area contributed by atoms with Crippen LogP contribution in [-0.2, 0) is 15.9 Å². The predicted molar refractivity (Wildman–Crippen MR) is 83.5 cm³/mol. The molecule has 0 N–H and O–H groups in total. The van der Waals surface area contributed by atoms with Crippen LogP contribution in [0.25, 0.3) is 0 Å². The number of carbonyl (C=O) groups excluding carboxylic acids is 1. The second-order valence-corrected chi connectivity index (χ2v) is 7.32. The summed E-state index contributed by atoms with van der Waals surface area (Å²) in [4.78, 5) is 12.0. The van der Waals surface area contributed by atoms with E-state index in [1.807, 2.05) is 6.07 Å². The molecule has 1 aliphatic heterocycles. The number of ether oxygens (including phenoxy) is 2. The Hall–Kier alpha value is -1.77. The molecule has 22 heavy (non-hydrogen) atoms. The van der Waals surface area contributed by atoms with E-state index in [4.69, 9.17) is 9.47 Å². The molecule has 3 nitrogen and oxygen atoms in total. The predicted octanol–water partition coefficient (Wildman–Crippen LogP) is 4.72. The monoisotopic (exact) mass is 298 g/mol. The van der Waals surface area contributed by atoms with E-state index in [1.165, 1.54) is 16.7 Å². The summed E-state index contributed by atoms with van der Waals surface area (Å²) in [6.45, 7) is 6.66. The molecule has 0 saturated carbocycles. The van der Waals surface area contributed by atoms with E-state index in [2.05, 4.69) is 39.0 Å². The van der Waals surface area contributed by atoms with Gasteiger partial charge >= 0.3 is 6.16 Å². The number of fused-ring (bicyclic) bond motifs is 3. The maximum absolute atomic E-state index is 12.0. The number of hydrogen-bond donors (Lipinski definition) is 0. The Kier molecular flexibility index (Phi) is 2.76. The topological polar surface area (TPSA) is 35.5 Å². The minimum Gasteiger partial charge on any atom is -0.422 e. The van der Waals surface area contributed by atoms with E-state index in [-0.39, 0.29) is 11.5 Å². The summed E-state index contributed by atoms with van der Waals surface area (Å²) in [5.41, 5.74) is 4.53. The van der Waals surface area contributed by atoms with Gasteiger partial charge in [-0.2, -0.15) is 0 Å². The Bertz CT molecular complexity index is 686. The van der Waals surface area contributed by atoms with Crippen LogP contribution in [0.15, 0.2) is 35.4 Å². The Labute approximate surface area is 131 Å². The zero-order chi connectivity index (χ0) is 15.5. The summed E-state index contributed by atoms with van der Waals surface area (Å²) in [6, 6.07) is 8.33. The van der Waals surface area contributed by atoms with E-state index in [9.17, 15) is 4.79 Å². The minimum atomic E-state index is -0.574. The summed E-state index contributed by atoms with van der Waals surface area (Å²) < 4.78 is 11.6. The fourth-order valence-corrected chi connectivity index (χ4v) is 4.80. The molecule has 1 fully saturated rings. The Morgan fingerprint density at radius 2 is 1.91 bits per heavy atom. The highest BCUT2D eigenvalue weighted by Gasteiger charge is 2.63. The fraction of sp³-hybridized carbons (Fsp3) is 0.526. The largest absolute Gasteiger partial charge is 0.509 e. The fourth-order valence-electron chi connectivity index (χ4n) is 4.80. The lowest BCUT2D eigenvalue weighted by molar-refractivity contribution is -0.0714. The van der Waals surface area contributed by atoms with E-state index < -0.39 is 11.8 Å². The van der Waals surface area contributed by atoms with Gasteiger partial charge in [0.15, 0.2) is 11.7 Å². The van der Waals surface area contributed by atoms with Gasteiger partial charge in [-0.1, -0.05) is 49.3 Å². The highest BCUT2D eigenvalue weighted by molar-refractivity contribution is 5.65. The van der Waals surface area contributed by atoms with Gasteiger partial charge in [0.1, 0.15) is 0 Å². The van der Waals surface area contributed by atoms with Crippen molar-refractivity contribution in [3.63, 3.8) is 0 Å². The van der Waals surface area contributed by atoms with Crippen molar-refractivity contribution < 1.29 is 14.3 Å². The first-order chi connectivity index (χ1) is 10.5. The highest BCUT2D eigenvalue weighted by atomic mass is 16.8. The zero-order valence-corrected chi connectivity index (χ0v) is 13.4. The average Bonchev–Trinajstić information content (AvgIpc) is 2.82.